The van der Waals surface area contributed by atoms with Gasteiger partial charge in [-0.2, -0.15) is 0 Å². The van der Waals surface area contributed by atoms with Gasteiger partial charge in [0, 0.05) is 17.8 Å². The smallest absolute Gasteiger partial charge is 0.150 e. The van der Waals surface area contributed by atoms with Crippen LogP contribution in [0.1, 0.15) is 31.4 Å². The van der Waals surface area contributed by atoms with Gasteiger partial charge in [0.05, 0.1) is 11.5 Å². The first-order valence-corrected chi connectivity index (χ1v) is 8.50. The Morgan fingerprint density at radius 1 is 1.58 bits per heavy atom. The molecule has 3 N–H and O–H groups in total. The number of pyridine rings is 1. The Balaban J connectivity index is 2.24. The van der Waals surface area contributed by atoms with Gasteiger partial charge in [0.25, 0.3) is 0 Å². The molecule has 1 aliphatic heterocycles. The average Bonchev–Trinajstić information content (AvgIpc) is 2.72. The number of sulfone groups is 1. The Morgan fingerprint density at radius 3 is 2.95 bits per heavy atom. The fourth-order valence-corrected chi connectivity index (χ4v) is 4.45. The van der Waals surface area contributed by atoms with Crippen LogP contribution >= 0.6 is 0 Å². The number of nitrogen functional groups attached to an aromatic ring is 1. The molecule has 1 aliphatic rings. The van der Waals surface area contributed by atoms with E-state index in [4.69, 9.17) is 5.73 Å². The third kappa shape index (κ3) is 3.45. The summed E-state index contributed by atoms with van der Waals surface area (Å²) in [6, 6.07) is 3.75. The van der Waals surface area contributed by atoms with Crippen LogP contribution in [0.2, 0.25) is 0 Å². The number of nitrogens with one attached hydrogen (secondary N) is 1. The molecule has 2 atom stereocenters. The number of hydrogen-bond acceptors (Lipinski definition) is 5. The van der Waals surface area contributed by atoms with E-state index in [1.165, 1.54) is 0 Å². The van der Waals surface area contributed by atoms with Crippen molar-refractivity contribution in [1.29, 1.82) is 0 Å². The summed E-state index contributed by atoms with van der Waals surface area (Å²) < 4.78 is 23.3. The highest BCUT2D eigenvalue weighted by molar-refractivity contribution is 7.91. The summed E-state index contributed by atoms with van der Waals surface area (Å²) in [6.07, 6.45) is 3.34. The van der Waals surface area contributed by atoms with Crippen molar-refractivity contribution in [3.8, 4) is 0 Å². The maximum absolute atomic E-state index is 11.7. The van der Waals surface area contributed by atoms with Gasteiger partial charge in [-0.3, -0.25) is 0 Å². The first-order valence-electron chi connectivity index (χ1n) is 6.67. The van der Waals surface area contributed by atoms with E-state index in [9.17, 15) is 8.42 Å². The number of hydrogen-bond donors (Lipinski definition) is 2. The molecule has 2 heterocycles. The summed E-state index contributed by atoms with van der Waals surface area (Å²) >= 11 is 0. The third-order valence-electron chi connectivity index (χ3n) is 3.56. The van der Waals surface area contributed by atoms with Gasteiger partial charge in [-0.05, 0) is 31.4 Å². The number of rotatable bonds is 5. The Labute approximate surface area is 114 Å². The second-order valence-corrected chi connectivity index (χ2v) is 7.30. The van der Waals surface area contributed by atoms with Gasteiger partial charge in [-0.1, -0.05) is 13.0 Å². The van der Waals surface area contributed by atoms with Crippen molar-refractivity contribution in [2.45, 2.75) is 25.8 Å². The zero-order chi connectivity index (χ0) is 13.9. The van der Waals surface area contributed by atoms with Crippen LogP contribution in [-0.2, 0) is 9.84 Å². The standard InChI is InChI=1S/C13H21N3O2S/c1-2-6-15-12(10-5-8-19(17,18)9-10)11-4-3-7-16-13(11)14/h3-4,7,10,12,15H,2,5-6,8-9H2,1H3,(H2,14,16). The third-order valence-corrected chi connectivity index (χ3v) is 5.35. The normalized spacial score (nSPS) is 23.3. The maximum Gasteiger partial charge on any atom is 0.150 e. The summed E-state index contributed by atoms with van der Waals surface area (Å²) in [5.41, 5.74) is 6.84. The fraction of sp³-hybridized carbons (Fsp3) is 0.615. The van der Waals surface area contributed by atoms with E-state index in [0.717, 1.165) is 18.5 Å². The van der Waals surface area contributed by atoms with Crippen LogP contribution in [0, 0.1) is 5.92 Å². The molecule has 0 aliphatic carbocycles. The molecule has 5 nitrogen and oxygen atoms in total. The van der Waals surface area contributed by atoms with E-state index in [2.05, 4.69) is 17.2 Å². The number of nitrogens with two attached hydrogens (primary N) is 1. The monoisotopic (exact) mass is 283 g/mol. The van der Waals surface area contributed by atoms with Crippen LogP contribution in [0.5, 0.6) is 0 Å². The van der Waals surface area contributed by atoms with E-state index >= 15 is 0 Å². The van der Waals surface area contributed by atoms with Crippen LogP contribution in [0.25, 0.3) is 0 Å². The minimum Gasteiger partial charge on any atom is -0.383 e. The molecule has 0 spiro atoms. The second kappa shape index (κ2) is 5.88. The number of nitrogens with zero attached hydrogens (tertiary/aromatic N) is 1. The van der Waals surface area contributed by atoms with Crippen LogP contribution < -0.4 is 11.1 Å². The largest absolute Gasteiger partial charge is 0.383 e. The van der Waals surface area contributed by atoms with Crippen molar-refractivity contribution in [2.24, 2.45) is 5.92 Å². The first kappa shape index (κ1) is 14.3. The maximum atomic E-state index is 11.7. The molecule has 2 rings (SSSR count). The van der Waals surface area contributed by atoms with Gasteiger partial charge in [-0.15, -0.1) is 0 Å². The molecule has 1 aromatic rings. The van der Waals surface area contributed by atoms with E-state index < -0.39 is 9.84 Å². The molecule has 0 saturated carbocycles. The lowest BCUT2D eigenvalue weighted by atomic mass is 9.92. The van der Waals surface area contributed by atoms with E-state index in [1.807, 2.05) is 12.1 Å². The molecular formula is C13H21N3O2S. The average molecular weight is 283 g/mol. The highest BCUT2D eigenvalue weighted by Crippen LogP contribution is 2.33. The van der Waals surface area contributed by atoms with Gasteiger partial charge in [0.15, 0.2) is 9.84 Å². The predicted molar refractivity (Wildman–Crippen MR) is 76.4 cm³/mol. The molecule has 2 unspecified atom stereocenters. The second-order valence-electron chi connectivity index (χ2n) is 5.07. The Kier molecular flexibility index (Phi) is 4.42. The summed E-state index contributed by atoms with van der Waals surface area (Å²) in [4.78, 5) is 4.10. The van der Waals surface area contributed by atoms with Gasteiger partial charge in [-0.25, -0.2) is 13.4 Å². The summed E-state index contributed by atoms with van der Waals surface area (Å²) in [5, 5.41) is 3.42. The molecule has 106 valence electrons. The van der Waals surface area contributed by atoms with Crippen LogP contribution in [-0.4, -0.2) is 31.5 Å². The molecule has 0 aromatic carbocycles. The molecule has 0 amide bonds. The number of anilines is 1. The zero-order valence-corrected chi connectivity index (χ0v) is 12.0. The first-order chi connectivity index (χ1) is 9.03. The molecule has 1 fully saturated rings. The van der Waals surface area contributed by atoms with Crippen molar-refractivity contribution in [3.05, 3.63) is 23.9 Å². The topological polar surface area (TPSA) is 85.1 Å². The van der Waals surface area contributed by atoms with Crippen molar-refractivity contribution in [3.63, 3.8) is 0 Å². The van der Waals surface area contributed by atoms with Gasteiger partial charge >= 0.3 is 0 Å². The van der Waals surface area contributed by atoms with E-state index in [0.29, 0.717) is 12.2 Å². The van der Waals surface area contributed by atoms with Gasteiger partial charge in [0.2, 0.25) is 0 Å². The van der Waals surface area contributed by atoms with Gasteiger partial charge in [0.1, 0.15) is 5.82 Å². The van der Waals surface area contributed by atoms with Crippen molar-refractivity contribution < 1.29 is 8.42 Å². The summed E-state index contributed by atoms with van der Waals surface area (Å²) in [7, 11) is -2.89. The predicted octanol–water partition coefficient (Wildman–Crippen LogP) is 1.14. The molecule has 6 heteroatoms. The highest BCUT2D eigenvalue weighted by atomic mass is 32.2. The van der Waals surface area contributed by atoms with Crippen molar-refractivity contribution in [2.75, 3.05) is 23.8 Å². The fourth-order valence-electron chi connectivity index (χ4n) is 2.61. The van der Waals surface area contributed by atoms with Crippen molar-refractivity contribution >= 4 is 15.7 Å². The Bertz CT molecular complexity index is 530. The Hall–Kier alpha value is -1.14. The minimum absolute atomic E-state index is 0.0223. The van der Waals surface area contributed by atoms with Crippen LogP contribution in [0.3, 0.4) is 0 Å². The molecule has 1 saturated heterocycles. The molecule has 0 radical (unpaired) electrons. The minimum atomic E-state index is -2.89. The lowest BCUT2D eigenvalue weighted by molar-refractivity contribution is 0.393. The molecular weight excluding hydrogens is 262 g/mol. The van der Waals surface area contributed by atoms with Crippen molar-refractivity contribution in [1.82, 2.24) is 10.3 Å². The van der Waals surface area contributed by atoms with Gasteiger partial charge < -0.3 is 11.1 Å². The molecule has 1 aromatic heterocycles. The lowest BCUT2D eigenvalue weighted by Gasteiger charge is -2.25. The summed E-state index contributed by atoms with van der Waals surface area (Å²) in [6.45, 7) is 2.93. The van der Waals surface area contributed by atoms with E-state index in [1.54, 1.807) is 6.20 Å². The van der Waals surface area contributed by atoms with Crippen LogP contribution in [0.4, 0.5) is 5.82 Å². The van der Waals surface area contributed by atoms with E-state index in [-0.39, 0.29) is 23.5 Å². The number of aromatic nitrogens is 1. The molecule has 0 bridgehead atoms. The quantitative estimate of drug-likeness (QED) is 0.846. The lowest BCUT2D eigenvalue weighted by Crippen LogP contribution is -2.30. The SMILES string of the molecule is CCCNC(c1cccnc1N)C1CCS(=O)(=O)C1. The van der Waals surface area contributed by atoms with Crippen LogP contribution in [0.15, 0.2) is 18.3 Å². The summed E-state index contributed by atoms with van der Waals surface area (Å²) in [5.74, 6) is 1.09. The molecule has 19 heavy (non-hydrogen) atoms. The zero-order valence-electron chi connectivity index (χ0n) is 11.2. The highest BCUT2D eigenvalue weighted by Gasteiger charge is 2.35. The Morgan fingerprint density at radius 2 is 2.37 bits per heavy atom.